The van der Waals surface area contributed by atoms with Crippen molar-refractivity contribution in [1.82, 2.24) is 5.32 Å². The van der Waals surface area contributed by atoms with Crippen LogP contribution < -0.4 is 15.8 Å². The Balaban J connectivity index is 1.96. The zero-order valence-electron chi connectivity index (χ0n) is 12.3. The number of methoxy groups -OCH3 is 1. The van der Waals surface area contributed by atoms with Gasteiger partial charge in [-0.1, -0.05) is 18.6 Å². The summed E-state index contributed by atoms with van der Waals surface area (Å²) in [6, 6.07) is 7.80. The molecule has 0 aliphatic heterocycles. The molecular formula is C16H24N2O2. The first-order chi connectivity index (χ1) is 9.65. The van der Waals surface area contributed by atoms with Gasteiger partial charge in [-0.05, 0) is 49.9 Å². The fourth-order valence-electron chi connectivity index (χ4n) is 2.96. The summed E-state index contributed by atoms with van der Waals surface area (Å²) in [5, 5.41) is 3.10. The molecule has 4 heteroatoms. The van der Waals surface area contributed by atoms with E-state index in [-0.39, 0.29) is 17.9 Å². The van der Waals surface area contributed by atoms with Gasteiger partial charge in [0.15, 0.2) is 0 Å². The van der Waals surface area contributed by atoms with E-state index in [0.29, 0.717) is 12.5 Å². The summed E-state index contributed by atoms with van der Waals surface area (Å²) < 4.78 is 5.14. The van der Waals surface area contributed by atoms with Crippen molar-refractivity contribution in [3.63, 3.8) is 0 Å². The Morgan fingerprint density at radius 1 is 1.40 bits per heavy atom. The Hall–Kier alpha value is -1.55. The molecule has 1 aliphatic carbocycles. The molecule has 0 aromatic heterocycles. The molecule has 0 radical (unpaired) electrons. The van der Waals surface area contributed by atoms with Crippen LogP contribution in [-0.2, 0) is 4.79 Å². The van der Waals surface area contributed by atoms with Crippen molar-refractivity contribution in [3.8, 4) is 5.75 Å². The van der Waals surface area contributed by atoms with Crippen molar-refractivity contribution < 1.29 is 9.53 Å². The largest absolute Gasteiger partial charge is 0.497 e. The van der Waals surface area contributed by atoms with Crippen LogP contribution in [0, 0.1) is 11.8 Å². The van der Waals surface area contributed by atoms with Crippen molar-refractivity contribution >= 4 is 5.91 Å². The lowest BCUT2D eigenvalue weighted by Crippen LogP contribution is -2.36. The summed E-state index contributed by atoms with van der Waals surface area (Å²) >= 11 is 0. The Morgan fingerprint density at radius 2 is 2.10 bits per heavy atom. The monoisotopic (exact) mass is 276 g/mol. The standard InChI is InChI=1S/C16H24N2O2/c1-11(12-6-8-14(20-2)9-7-12)18-16(19)15-5-3-4-13(15)10-17/h6-9,11,13,15H,3-5,10,17H2,1-2H3,(H,18,19)/t11-,13?,15?/m0/s1. The Morgan fingerprint density at radius 3 is 2.70 bits per heavy atom. The molecule has 3 atom stereocenters. The van der Waals surface area contributed by atoms with E-state index >= 15 is 0 Å². The second-order valence-electron chi connectivity index (χ2n) is 5.54. The normalized spacial score (nSPS) is 23.4. The first-order valence-corrected chi connectivity index (χ1v) is 7.30. The number of nitrogens with one attached hydrogen (secondary N) is 1. The zero-order chi connectivity index (χ0) is 14.5. The topological polar surface area (TPSA) is 64.3 Å². The van der Waals surface area contributed by atoms with E-state index in [9.17, 15) is 4.79 Å². The van der Waals surface area contributed by atoms with Gasteiger partial charge in [0.2, 0.25) is 5.91 Å². The Bertz CT molecular complexity index is 444. The Labute approximate surface area is 120 Å². The fourth-order valence-corrected chi connectivity index (χ4v) is 2.96. The predicted molar refractivity (Wildman–Crippen MR) is 79.4 cm³/mol. The van der Waals surface area contributed by atoms with Crippen molar-refractivity contribution in [2.24, 2.45) is 17.6 Å². The maximum atomic E-state index is 12.3. The molecule has 20 heavy (non-hydrogen) atoms. The van der Waals surface area contributed by atoms with Gasteiger partial charge in [0, 0.05) is 5.92 Å². The van der Waals surface area contributed by atoms with Gasteiger partial charge >= 0.3 is 0 Å². The highest BCUT2D eigenvalue weighted by atomic mass is 16.5. The molecule has 2 rings (SSSR count). The van der Waals surface area contributed by atoms with Gasteiger partial charge < -0.3 is 15.8 Å². The van der Waals surface area contributed by atoms with E-state index < -0.39 is 0 Å². The van der Waals surface area contributed by atoms with Crippen LogP contribution in [0.25, 0.3) is 0 Å². The lowest BCUT2D eigenvalue weighted by Gasteiger charge is -2.21. The maximum Gasteiger partial charge on any atom is 0.223 e. The average molecular weight is 276 g/mol. The maximum absolute atomic E-state index is 12.3. The molecule has 4 nitrogen and oxygen atoms in total. The van der Waals surface area contributed by atoms with Crippen LogP contribution in [0.2, 0.25) is 0 Å². The van der Waals surface area contributed by atoms with Gasteiger partial charge in [-0.15, -0.1) is 0 Å². The molecule has 2 unspecified atom stereocenters. The van der Waals surface area contributed by atoms with Gasteiger partial charge in [0.25, 0.3) is 0 Å². The van der Waals surface area contributed by atoms with Crippen LogP contribution in [0.3, 0.4) is 0 Å². The van der Waals surface area contributed by atoms with Crippen molar-refractivity contribution in [2.75, 3.05) is 13.7 Å². The molecule has 1 saturated carbocycles. The molecular weight excluding hydrogens is 252 g/mol. The highest BCUT2D eigenvalue weighted by molar-refractivity contribution is 5.79. The summed E-state index contributed by atoms with van der Waals surface area (Å²) in [5.41, 5.74) is 6.83. The van der Waals surface area contributed by atoms with Crippen molar-refractivity contribution in [3.05, 3.63) is 29.8 Å². The second-order valence-corrected chi connectivity index (χ2v) is 5.54. The smallest absolute Gasteiger partial charge is 0.223 e. The number of ether oxygens (including phenoxy) is 1. The molecule has 3 N–H and O–H groups in total. The molecule has 0 spiro atoms. The van der Waals surface area contributed by atoms with Gasteiger partial charge in [-0.25, -0.2) is 0 Å². The molecule has 0 bridgehead atoms. The van der Waals surface area contributed by atoms with E-state index in [1.807, 2.05) is 31.2 Å². The minimum atomic E-state index is 0.00688. The number of carbonyl (C=O) groups is 1. The zero-order valence-corrected chi connectivity index (χ0v) is 12.3. The molecule has 0 heterocycles. The minimum Gasteiger partial charge on any atom is -0.497 e. The molecule has 1 aromatic carbocycles. The van der Waals surface area contributed by atoms with E-state index in [0.717, 1.165) is 30.6 Å². The van der Waals surface area contributed by atoms with E-state index in [1.165, 1.54) is 0 Å². The summed E-state index contributed by atoms with van der Waals surface area (Å²) in [6.45, 7) is 2.61. The molecule has 1 fully saturated rings. The van der Waals surface area contributed by atoms with E-state index in [4.69, 9.17) is 10.5 Å². The third kappa shape index (κ3) is 3.31. The van der Waals surface area contributed by atoms with Crippen molar-refractivity contribution in [1.29, 1.82) is 0 Å². The highest BCUT2D eigenvalue weighted by Crippen LogP contribution is 2.31. The summed E-state index contributed by atoms with van der Waals surface area (Å²) in [6.07, 6.45) is 3.14. The Kier molecular flexibility index (Phi) is 5.01. The lowest BCUT2D eigenvalue weighted by atomic mass is 9.94. The van der Waals surface area contributed by atoms with Gasteiger partial charge in [-0.2, -0.15) is 0 Å². The molecule has 110 valence electrons. The molecule has 1 aliphatic rings. The quantitative estimate of drug-likeness (QED) is 0.867. The number of benzene rings is 1. The minimum absolute atomic E-state index is 0.00688. The van der Waals surface area contributed by atoms with E-state index in [1.54, 1.807) is 7.11 Å². The first-order valence-electron chi connectivity index (χ1n) is 7.30. The highest BCUT2D eigenvalue weighted by Gasteiger charge is 2.32. The lowest BCUT2D eigenvalue weighted by molar-refractivity contribution is -0.126. The third-order valence-electron chi connectivity index (χ3n) is 4.27. The number of hydrogen-bond acceptors (Lipinski definition) is 3. The van der Waals surface area contributed by atoms with E-state index in [2.05, 4.69) is 5.32 Å². The second kappa shape index (κ2) is 6.75. The summed E-state index contributed by atoms with van der Waals surface area (Å²) in [7, 11) is 1.65. The molecule has 1 aromatic rings. The molecule has 0 saturated heterocycles. The van der Waals surface area contributed by atoms with Crippen LogP contribution >= 0.6 is 0 Å². The number of hydrogen-bond donors (Lipinski definition) is 2. The number of carbonyl (C=O) groups excluding carboxylic acids is 1. The fraction of sp³-hybridized carbons (Fsp3) is 0.562. The van der Waals surface area contributed by atoms with Crippen LogP contribution in [0.1, 0.15) is 37.8 Å². The first kappa shape index (κ1) is 14.9. The van der Waals surface area contributed by atoms with Crippen LogP contribution in [0.5, 0.6) is 5.75 Å². The third-order valence-corrected chi connectivity index (χ3v) is 4.27. The molecule has 1 amide bonds. The van der Waals surface area contributed by atoms with Crippen LogP contribution in [0.4, 0.5) is 0 Å². The van der Waals surface area contributed by atoms with Gasteiger partial charge in [0.1, 0.15) is 5.75 Å². The van der Waals surface area contributed by atoms with Gasteiger partial charge in [0.05, 0.1) is 13.2 Å². The number of nitrogens with two attached hydrogens (primary N) is 1. The predicted octanol–water partition coefficient (Wildman–Crippen LogP) is 2.25. The summed E-state index contributed by atoms with van der Waals surface area (Å²) in [4.78, 5) is 12.3. The number of rotatable bonds is 5. The SMILES string of the molecule is COc1ccc([C@H](C)NC(=O)C2CCCC2CN)cc1. The average Bonchev–Trinajstić information content (AvgIpc) is 2.95. The number of amides is 1. The summed E-state index contributed by atoms with van der Waals surface area (Å²) in [5.74, 6) is 1.39. The van der Waals surface area contributed by atoms with Gasteiger partial charge in [-0.3, -0.25) is 4.79 Å². The van der Waals surface area contributed by atoms with Crippen molar-refractivity contribution in [2.45, 2.75) is 32.2 Å². The van der Waals surface area contributed by atoms with Crippen LogP contribution in [0.15, 0.2) is 24.3 Å². The van der Waals surface area contributed by atoms with Crippen LogP contribution in [-0.4, -0.2) is 19.6 Å².